The van der Waals surface area contributed by atoms with Gasteiger partial charge in [-0.25, -0.2) is 0 Å². The fraction of sp³-hybridized carbons (Fsp3) is 0.100. The second-order valence-electron chi connectivity index (χ2n) is 2.90. The van der Waals surface area contributed by atoms with Gasteiger partial charge in [0.05, 0.1) is 11.0 Å². The first-order chi connectivity index (χ1) is 5.77. The number of pyridine rings is 1. The summed E-state index contributed by atoms with van der Waals surface area (Å²) in [4.78, 5) is 7.44. The van der Waals surface area contributed by atoms with Crippen molar-refractivity contribution < 1.29 is 0 Å². The molecule has 2 aromatic rings. The minimum Gasteiger partial charge on any atom is -0.353 e. The monoisotopic (exact) mass is 158 g/mol. The first-order valence-electron chi connectivity index (χ1n) is 3.87. The highest BCUT2D eigenvalue weighted by atomic mass is 14.8. The van der Waals surface area contributed by atoms with E-state index >= 15 is 0 Å². The Morgan fingerprint density at radius 2 is 2.42 bits per heavy atom. The predicted molar refractivity (Wildman–Crippen MR) is 50.8 cm³/mol. The van der Waals surface area contributed by atoms with E-state index in [0.717, 1.165) is 22.3 Å². The van der Waals surface area contributed by atoms with Crippen LogP contribution in [0.4, 0.5) is 0 Å². The molecule has 2 heteroatoms. The van der Waals surface area contributed by atoms with Gasteiger partial charge in [-0.3, -0.25) is 4.98 Å². The van der Waals surface area contributed by atoms with E-state index in [4.69, 9.17) is 0 Å². The van der Waals surface area contributed by atoms with E-state index in [9.17, 15) is 0 Å². The Morgan fingerprint density at radius 1 is 1.58 bits per heavy atom. The van der Waals surface area contributed by atoms with Crippen LogP contribution in [0.25, 0.3) is 16.6 Å². The van der Waals surface area contributed by atoms with Crippen molar-refractivity contribution in [3.63, 3.8) is 0 Å². The van der Waals surface area contributed by atoms with Crippen LogP contribution in [0.2, 0.25) is 0 Å². The fourth-order valence-corrected chi connectivity index (χ4v) is 1.19. The molecule has 0 saturated heterocycles. The molecule has 60 valence electrons. The molecule has 2 nitrogen and oxygen atoms in total. The van der Waals surface area contributed by atoms with Crippen molar-refractivity contribution in [1.82, 2.24) is 9.97 Å². The van der Waals surface area contributed by atoms with Gasteiger partial charge in [0.25, 0.3) is 0 Å². The van der Waals surface area contributed by atoms with Crippen molar-refractivity contribution in [2.24, 2.45) is 0 Å². The molecule has 0 saturated carbocycles. The molecule has 2 rings (SSSR count). The maximum absolute atomic E-state index is 4.21. The SMILES string of the molecule is C=C(C)c1cc2ncccc2[nH]1. The molecule has 0 atom stereocenters. The third-order valence-corrected chi connectivity index (χ3v) is 1.85. The molecule has 0 aliphatic carbocycles. The quantitative estimate of drug-likeness (QED) is 0.679. The van der Waals surface area contributed by atoms with E-state index in [1.54, 1.807) is 6.20 Å². The van der Waals surface area contributed by atoms with Crippen molar-refractivity contribution in [1.29, 1.82) is 0 Å². The van der Waals surface area contributed by atoms with Crippen LogP contribution in [0.3, 0.4) is 0 Å². The second kappa shape index (κ2) is 2.48. The van der Waals surface area contributed by atoms with Crippen LogP contribution in [-0.2, 0) is 0 Å². The first-order valence-corrected chi connectivity index (χ1v) is 3.87. The lowest BCUT2D eigenvalue weighted by Gasteiger charge is -1.89. The molecular formula is C10H10N2. The minimum absolute atomic E-state index is 0.996. The Balaban J connectivity index is 2.70. The largest absolute Gasteiger partial charge is 0.353 e. The molecule has 0 aliphatic rings. The number of hydrogen-bond donors (Lipinski definition) is 1. The van der Waals surface area contributed by atoms with E-state index in [1.807, 2.05) is 25.1 Å². The molecular weight excluding hydrogens is 148 g/mol. The zero-order valence-electron chi connectivity index (χ0n) is 6.96. The molecule has 0 radical (unpaired) electrons. The van der Waals surface area contributed by atoms with Gasteiger partial charge < -0.3 is 4.98 Å². The lowest BCUT2D eigenvalue weighted by molar-refractivity contribution is 1.38. The first kappa shape index (κ1) is 7.10. The van der Waals surface area contributed by atoms with E-state index in [2.05, 4.69) is 16.5 Å². The number of rotatable bonds is 1. The van der Waals surface area contributed by atoms with Gasteiger partial charge in [-0.2, -0.15) is 0 Å². The molecule has 0 bridgehead atoms. The second-order valence-corrected chi connectivity index (χ2v) is 2.90. The summed E-state index contributed by atoms with van der Waals surface area (Å²) in [5.74, 6) is 0. The van der Waals surface area contributed by atoms with Crippen molar-refractivity contribution >= 4 is 16.6 Å². The summed E-state index contributed by atoms with van der Waals surface area (Å²) in [6.45, 7) is 5.84. The van der Waals surface area contributed by atoms with E-state index < -0.39 is 0 Å². The summed E-state index contributed by atoms with van der Waals surface area (Å²) in [5, 5.41) is 0. The average Bonchev–Trinajstić information content (AvgIpc) is 2.46. The molecule has 12 heavy (non-hydrogen) atoms. The number of hydrogen-bond acceptors (Lipinski definition) is 1. The zero-order valence-corrected chi connectivity index (χ0v) is 6.96. The molecule has 2 aromatic heterocycles. The maximum atomic E-state index is 4.21. The highest BCUT2D eigenvalue weighted by Crippen LogP contribution is 2.16. The number of H-pyrrole nitrogens is 1. The lowest BCUT2D eigenvalue weighted by atomic mass is 10.2. The van der Waals surface area contributed by atoms with Gasteiger partial charge in [-0.05, 0) is 30.7 Å². The Morgan fingerprint density at radius 3 is 3.08 bits per heavy atom. The van der Waals surface area contributed by atoms with Crippen LogP contribution in [-0.4, -0.2) is 9.97 Å². The molecule has 2 heterocycles. The number of aromatic amines is 1. The summed E-state index contributed by atoms with van der Waals surface area (Å²) in [6, 6.07) is 5.94. The van der Waals surface area contributed by atoms with Gasteiger partial charge in [-0.1, -0.05) is 6.58 Å². The number of aromatic nitrogens is 2. The van der Waals surface area contributed by atoms with Gasteiger partial charge in [0, 0.05) is 11.9 Å². The Kier molecular flexibility index (Phi) is 1.47. The van der Waals surface area contributed by atoms with Crippen molar-refractivity contribution in [2.45, 2.75) is 6.92 Å². The van der Waals surface area contributed by atoms with Crippen LogP contribution < -0.4 is 0 Å². The smallest absolute Gasteiger partial charge is 0.0885 e. The van der Waals surface area contributed by atoms with Crippen LogP contribution in [0, 0.1) is 0 Å². The molecule has 0 fully saturated rings. The third kappa shape index (κ3) is 1.01. The van der Waals surface area contributed by atoms with Crippen molar-refractivity contribution in [3.05, 3.63) is 36.7 Å². The highest BCUT2D eigenvalue weighted by Gasteiger charge is 1.99. The Bertz CT molecular complexity index is 393. The van der Waals surface area contributed by atoms with Crippen LogP contribution in [0.1, 0.15) is 12.6 Å². The Labute approximate surface area is 70.9 Å². The van der Waals surface area contributed by atoms with E-state index in [0.29, 0.717) is 0 Å². The molecule has 0 aromatic carbocycles. The van der Waals surface area contributed by atoms with Gasteiger partial charge in [0.15, 0.2) is 0 Å². The minimum atomic E-state index is 0.996. The normalized spacial score (nSPS) is 10.4. The highest BCUT2D eigenvalue weighted by molar-refractivity contribution is 5.80. The molecule has 0 spiro atoms. The predicted octanol–water partition coefficient (Wildman–Crippen LogP) is 2.60. The number of nitrogens with one attached hydrogen (secondary N) is 1. The van der Waals surface area contributed by atoms with E-state index in [-0.39, 0.29) is 0 Å². The van der Waals surface area contributed by atoms with Crippen molar-refractivity contribution in [3.8, 4) is 0 Å². The summed E-state index contributed by atoms with van der Waals surface area (Å²) in [5.41, 5.74) is 4.16. The molecule has 0 amide bonds. The topological polar surface area (TPSA) is 28.7 Å². The summed E-state index contributed by atoms with van der Waals surface area (Å²) >= 11 is 0. The van der Waals surface area contributed by atoms with Crippen LogP contribution in [0.15, 0.2) is 31.0 Å². The zero-order chi connectivity index (χ0) is 8.55. The molecule has 0 aliphatic heterocycles. The maximum Gasteiger partial charge on any atom is 0.0885 e. The molecule has 1 N–H and O–H groups in total. The fourth-order valence-electron chi connectivity index (χ4n) is 1.19. The lowest BCUT2D eigenvalue weighted by Crippen LogP contribution is -1.73. The van der Waals surface area contributed by atoms with Crippen molar-refractivity contribution in [2.75, 3.05) is 0 Å². The Hall–Kier alpha value is -1.57. The van der Waals surface area contributed by atoms with Crippen LogP contribution in [0.5, 0.6) is 0 Å². The summed E-state index contributed by atoms with van der Waals surface area (Å²) in [7, 11) is 0. The standard InChI is InChI=1S/C10H10N2/c1-7(2)9-6-10-8(12-9)4-3-5-11-10/h3-6,12H,1H2,2H3. The number of fused-ring (bicyclic) bond motifs is 1. The third-order valence-electron chi connectivity index (χ3n) is 1.85. The summed E-state index contributed by atoms with van der Waals surface area (Å²) in [6.07, 6.45) is 1.79. The number of nitrogens with zero attached hydrogens (tertiary/aromatic N) is 1. The number of allylic oxidation sites excluding steroid dienone is 1. The van der Waals surface area contributed by atoms with Gasteiger partial charge >= 0.3 is 0 Å². The summed E-state index contributed by atoms with van der Waals surface area (Å²) < 4.78 is 0. The van der Waals surface area contributed by atoms with Gasteiger partial charge in [-0.15, -0.1) is 0 Å². The molecule has 0 unspecified atom stereocenters. The van der Waals surface area contributed by atoms with Gasteiger partial charge in [0.2, 0.25) is 0 Å². The van der Waals surface area contributed by atoms with Gasteiger partial charge in [0.1, 0.15) is 0 Å². The van der Waals surface area contributed by atoms with E-state index in [1.165, 1.54) is 0 Å². The van der Waals surface area contributed by atoms with Crippen LogP contribution >= 0.6 is 0 Å². The average molecular weight is 158 g/mol.